The van der Waals surface area contributed by atoms with Gasteiger partial charge in [0.1, 0.15) is 0 Å². The number of nitrogens with zero attached hydrogens (tertiary/aromatic N) is 1. The van der Waals surface area contributed by atoms with E-state index in [2.05, 4.69) is 5.32 Å². The number of nitrogens with one attached hydrogen (secondary N) is 1. The summed E-state index contributed by atoms with van der Waals surface area (Å²) in [6.45, 7) is 0. The monoisotopic (exact) mass is 395 g/mol. The zero-order valence-electron chi connectivity index (χ0n) is 14.9. The SMILES string of the molecule is O=C([O-])c1ccccc1Nc1ccc2c(ccn2-c2ccccc2C(F)(F)F)c1. The third-order valence-electron chi connectivity index (χ3n) is 4.59. The third-order valence-corrected chi connectivity index (χ3v) is 4.59. The molecule has 1 heterocycles. The number of rotatable bonds is 4. The first kappa shape index (κ1) is 18.6. The van der Waals surface area contributed by atoms with E-state index in [9.17, 15) is 23.1 Å². The lowest BCUT2D eigenvalue weighted by Crippen LogP contribution is -2.23. The van der Waals surface area contributed by atoms with Crippen LogP contribution in [-0.4, -0.2) is 10.5 Å². The molecule has 0 aliphatic carbocycles. The van der Waals surface area contributed by atoms with Gasteiger partial charge in [-0.3, -0.25) is 0 Å². The number of hydrogen-bond donors (Lipinski definition) is 1. The summed E-state index contributed by atoms with van der Waals surface area (Å²) in [6.07, 6.45) is -2.89. The van der Waals surface area contributed by atoms with Gasteiger partial charge in [0.2, 0.25) is 0 Å². The van der Waals surface area contributed by atoms with E-state index in [1.807, 2.05) is 0 Å². The Kier molecular flexibility index (Phi) is 4.50. The normalized spacial score (nSPS) is 11.6. The predicted molar refractivity (Wildman–Crippen MR) is 102 cm³/mol. The number of alkyl halides is 3. The van der Waals surface area contributed by atoms with E-state index in [1.54, 1.807) is 54.7 Å². The summed E-state index contributed by atoms with van der Waals surface area (Å²) >= 11 is 0. The van der Waals surface area contributed by atoms with Gasteiger partial charge < -0.3 is 19.8 Å². The Labute approximate surface area is 163 Å². The Balaban J connectivity index is 1.74. The number of para-hydroxylation sites is 2. The standard InChI is InChI=1S/C22H15F3N2O2/c23-22(24,25)17-6-2-4-8-20(17)27-12-11-14-13-15(9-10-19(14)27)26-18-7-3-1-5-16(18)21(28)29/h1-13,26H,(H,28,29)/p-1. The number of benzene rings is 3. The molecule has 0 bridgehead atoms. The van der Waals surface area contributed by atoms with E-state index in [0.29, 0.717) is 22.3 Å². The summed E-state index contributed by atoms with van der Waals surface area (Å²) in [6, 6.07) is 18.5. The van der Waals surface area contributed by atoms with E-state index in [1.165, 1.54) is 22.8 Å². The molecule has 0 saturated heterocycles. The van der Waals surface area contributed by atoms with Crippen LogP contribution in [0.15, 0.2) is 79.0 Å². The molecule has 0 fully saturated rings. The first-order valence-electron chi connectivity index (χ1n) is 8.70. The molecule has 0 aliphatic heterocycles. The van der Waals surface area contributed by atoms with Gasteiger partial charge in [-0.25, -0.2) is 0 Å². The summed E-state index contributed by atoms with van der Waals surface area (Å²) in [5.74, 6) is -1.30. The number of carboxylic acids is 1. The van der Waals surface area contributed by atoms with Crippen LogP contribution in [0.5, 0.6) is 0 Å². The molecule has 1 N–H and O–H groups in total. The molecule has 0 saturated carbocycles. The number of halogens is 3. The fraction of sp³-hybridized carbons (Fsp3) is 0.0455. The summed E-state index contributed by atoms with van der Waals surface area (Å²) in [5, 5.41) is 15.0. The minimum absolute atomic E-state index is 0.0178. The molecule has 3 aromatic carbocycles. The lowest BCUT2D eigenvalue weighted by Gasteiger charge is -2.15. The van der Waals surface area contributed by atoms with Gasteiger partial charge in [0.25, 0.3) is 0 Å². The number of hydrogen-bond acceptors (Lipinski definition) is 3. The molecular formula is C22H14F3N2O2-. The molecule has 0 atom stereocenters. The third kappa shape index (κ3) is 3.54. The fourth-order valence-electron chi connectivity index (χ4n) is 3.28. The van der Waals surface area contributed by atoms with Gasteiger partial charge in [0.05, 0.1) is 22.7 Å². The molecule has 0 amide bonds. The largest absolute Gasteiger partial charge is 0.545 e. The predicted octanol–water partition coefficient (Wildman–Crippen LogP) is 4.76. The molecular weight excluding hydrogens is 381 g/mol. The van der Waals surface area contributed by atoms with Crippen molar-refractivity contribution in [1.29, 1.82) is 0 Å². The summed E-state index contributed by atoms with van der Waals surface area (Å²) < 4.78 is 41.6. The number of carbonyl (C=O) groups is 1. The lowest BCUT2D eigenvalue weighted by molar-refractivity contribution is -0.254. The molecule has 0 spiro atoms. The highest BCUT2D eigenvalue weighted by molar-refractivity contribution is 5.94. The van der Waals surface area contributed by atoms with Crippen molar-refractivity contribution in [3.63, 3.8) is 0 Å². The average molecular weight is 395 g/mol. The van der Waals surface area contributed by atoms with Crippen molar-refractivity contribution in [1.82, 2.24) is 4.57 Å². The first-order valence-corrected chi connectivity index (χ1v) is 8.70. The number of aromatic nitrogens is 1. The number of carboxylic acid groups (broad SMARTS) is 1. The zero-order chi connectivity index (χ0) is 20.6. The van der Waals surface area contributed by atoms with Crippen molar-refractivity contribution < 1.29 is 23.1 Å². The number of carbonyl (C=O) groups excluding carboxylic acids is 1. The maximum atomic E-state index is 13.4. The Bertz CT molecular complexity index is 1210. The maximum Gasteiger partial charge on any atom is 0.418 e. The van der Waals surface area contributed by atoms with Crippen LogP contribution < -0.4 is 10.4 Å². The van der Waals surface area contributed by atoms with Crippen molar-refractivity contribution in [3.8, 4) is 5.69 Å². The van der Waals surface area contributed by atoms with Gasteiger partial charge in [0.15, 0.2) is 0 Å². The van der Waals surface area contributed by atoms with Crippen LogP contribution in [0, 0.1) is 0 Å². The minimum atomic E-state index is -4.47. The highest BCUT2D eigenvalue weighted by Gasteiger charge is 2.33. The van der Waals surface area contributed by atoms with E-state index in [-0.39, 0.29) is 11.3 Å². The summed E-state index contributed by atoms with van der Waals surface area (Å²) in [7, 11) is 0. The van der Waals surface area contributed by atoms with Crippen LogP contribution in [0.3, 0.4) is 0 Å². The molecule has 4 rings (SSSR count). The molecule has 4 nitrogen and oxygen atoms in total. The maximum absolute atomic E-state index is 13.4. The molecule has 4 aromatic rings. The second-order valence-electron chi connectivity index (χ2n) is 6.43. The van der Waals surface area contributed by atoms with Crippen LogP contribution in [0.2, 0.25) is 0 Å². The molecule has 0 radical (unpaired) electrons. The summed E-state index contributed by atoms with van der Waals surface area (Å²) in [5.41, 5.74) is 0.909. The van der Waals surface area contributed by atoms with Gasteiger partial charge in [-0.2, -0.15) is 13.2 Å². The Morgan fingerprint density at radius 2 is 1.66 bits per heavy atom. The smallest absolute Gasteiger partial charge is 0.418 e. The lowest BCUT2D eigenvalue weighted by atomic mass is 10.1. The van der Waals surface area contributed by atoms with Crippen molar-refractivity contribution in [2.24, 2.45) is 0 Å². The van der Waals surface area contributed by atoms with Crippen molar-refractivity contribution in [2.45, 2.75) is 6.18 Å². The van der Waals surface area contributed by atoms with Crippen LogP contribution in [0.25, 0.3) is 16.6 Å². The van der Waals surface area contributed by atoms with E-state index in [0.717, 1.165) is 6.07 Å². The minimum Gasteiger partial charge on any atom is -0.545 e. The highest BCUT2D eigenvalue weighted by Crippen LogP contribution is 2.35. The van der Waals surface area contributed by atoms with E-state index < -0.39 is 17.7 Å². The average Bonchev–Trinajstić information content (AvgIpc) is 3.11. The van der Waals surface area contributed by atoms with Gasteiger partial charge in [0, 0.05) is 28.5 Å². The fourth-order valence-corrected chi connectivity index (χ4v) is 3.28. The first-order chi connectivity index (χ1) is 13.8. The summed E-state index contributed by atoms with van der Waals surface area (Å²) in [4.78, 5) is 11.3. The molecule has 0 aliphatic rings. The van der Waals surface area contributed by atoms with Gasteiger partial charge >= 0.3 is 6.18 Å². The Morgan fingerprint density at radius 3 is 2.41 bits per heavy atom. The van der Waals surface area contributed by atoms with Crippen LogP contribution >= 0.6 is 0 Å². The second kappa shape index (κ2) is 7.01. The highest BCUT2D eigenvalue weighted by atomic mass is 19.4. The quantitative estimate of drug-likeness (QED) is 0.542. The molecule has 29 heavy (non-hydrogen) atoms. The Morgan fingerprint density at radius 1 is 0.931 bits per heavy atom. The van der Waals surface area contributed by atoms with E-state index >= 15 is 0 Å². The number of anilines is 2. The van der Waals surface area contributed by atoms with Gasteiger partial charge in [-0.05, 0) is 42.5 Å². The molecule has 7 heteroatoms. The zero-order valence-corrected chi connectivity index (χ0v) is 14.9. The van der Waals surface area contributed by atoms with Crippen molar-refractivity contribution in [2.75, 3.05) is 5.32 Å². The second-order valence-corrected chi connectivity index (χ2v) is 6.43. The van der Waals surface area contributed by atoms with Crippen molar-refractivity contribution in [3.05, 3.63) is 90.1 Å². The van der Waals surface area contributed by atoms with Crippen LogP contribution in [0.1, 0.15) is 15.9 Å². The van der Waals surface area contributed by atoms with Gasteiger partial charge in [-0.15, -0.1) is 0 Å². The molecule has 146 valence electrons. The number of fused-ring (bicyclic) bond motifs is 1. The number of aromatic carboxylic acids is 1. The molecule has 0 unspecified atom stereocenters. The van der Waals surface area contributed by atoms with Crippen LogP contribution in [0.4, 0.5) is 24.5 Å². The van der Waals surface area contributed by atoms with Crippen LogP contribution in [-0.2, 0) is 6.18 Å². The van der Waals surface area contributed by atoms with E-state index in [4.69, 9.17) is 0 Å². The Hall–Kier alpha value is -3.74. The topological polar surface area (TPSA) is 57.1 Å². The van der Waals surface area contributed by atoms with Crippen molar-refractivity contribution >= 4 is 28.2 Å². The van der Waals surface area contributed by atoms with Gasteiger partial charge in [-0.1, -0.05) is 30.3 Å². The molecule has 1 aromatic heterocycles.